The number of nitrogens with one attached hydrogen (secondary N) is 6. The van der Waals surface area contributed by atoms with Crippen LogP contribution in [0.4, 0.5) is 0 Å². The molecule has 71 heavy (non-hydrogen) atoms. The van der Waals surface area contributed by atoms with Gasteiger partial charge in [0.25, 0.3) is 0 Å². The number of benzene rings is 1. The van der Waals surface area contributed by atoms with Gasteiger partial charge in [0.2, 0.25) is 59.1 Å². The molecule has 2 aliphatic heterocycles. The molecule has 394 valence electrons. The van der Waals surface area contributed by atoms with Crippen molar-refractivity contribution in [3.8, 4) is 5.75 Å². The molecule has 8 atom stereocenters. The minimum Gasteiger partial charge on any atom is -0.508 e. The number of hydrogen-bond donors (Lipinski definition) is 10. The number of carbonyl (C=O) groups excluding carboxylic acids is 11. The number of rotatable bonds is 17. The van der Waals surface area contributed by atoms with Gasteiger partial charge in [-0.2, -0.15) is 0 Å². The Labute approximate surface area is 412 Å². The molecule has 0 unspecified atom stereocenters. The van der Waals surface area contributed by atoms with Gasteiger partial charge in [-0.3, -0.25) is 52.7 Å². The number of ketones is 1. The number of aromatic hydroxyl groups is 1. The van der Waals surface area contributed by atoms with Gasteiger partial charge in [0.15, 0.2) is 9.84 Å². The molecule has 0 radical (unpaired) electrons. The van der Waals surface area contributed by atoms with Crippen molar-refractivity contribution in [3.05, 3.63) is 29.8 Å². The Bertz CT molecular complexity index is 2240. The second-order valence-electron chi connectivity index (χ2n) is 18.6. The number of hydrogen-bond acceptors (Lipinski definition) is 14. The van der Waals surface area contributed by atoms with Crippen molar-refractivity contribution in [2.45, 2.75) is 141 Å². The zero-order valence-electron chi connectivity index (χ0n) is 40.7. The minimum atomic E-state index is -4.25. The van der Waals surface area contributed by atoms with Crippen LogP contribution in [-0.2, 0) is 69.0 Å². The van der Waals surface area contributed by atoms with Crippen molar-refractivity contribution in [3.63, 3.8) is 0 Å². The van der Waals surface area contributed by atoms with E-state index in [4.69, 9.17) is 17.2 Å². The molecule has 0 saturated carbocycles. The van der Waals surface area contributed by atoms with Gasteiger partial charge in [0.05, 0.1) is 24.5 Å². The lowest BCUT2D eigenvalue weighted by Crippen LogP contribution is -2.62. The first-order valence-corrected chi connectivity index (χ1v) is 25.6. The van der Waals surface area contributed by atoms with E-state index >= 15 is 0 Å². The van der Waals surface area contributed by atoms with Crippen LogP contribution in [0.25, 0.3) is 0 Å². The lowest BCUT2D eigenvalue weighted by Gasteiger charge is -2.38. The average Bonchev–Trinajstić information content (AvgIpc) is 3.30. The smallest absolute Gasteiger partial charge is 0.245 e. The normalized spacial score (nSPS) is 23.9. The van der Waals surface area contributed by atoms with Gasteiger partial charge in [-0.1, -0.05) is 46.2 Å². The highest BCUT2D eigenvalue weighted by Gasteiger charge is 2.40. The molecule has 0 spiro atoms. The van der Waals surface area contributed by atoms with Crippen LogP contribution in [0, 0.1) is 17.8 Å². The third kappa shape index (κ3) is 19.6. The highest BCUT2D eigenvalue weighted by molar-refractivity contribution is 7.91. The van der Waals surface area contributed by atoms with Crippen LogP contribution in [0.15, 0.2) is 24.3 Å². The maximum Gasteiger partial charge on any atom is 0.245 e. The van der Waals surface area contributed by atoms with Crippen LogP contribution in [0.1, 0.15) is 104 Å². The first-order valence-electron chi connectivity index (χ1n) is 23.8. The van der Waals surface area contributed by atoms with Gasteiger partial charge in [-0.15, -0.1) is 0 Å². The molecule has 2 aliphatic rings. The van der Waals surface area contributed by atoms with Gasteiger partial charge in [0.1, 0.15) is 47.8 Å². The van der Waals surface area contributed by atoms with E-state index in [1.165, 1.54) is 24.3 Å². The summed E-state index contributed by atoms with van der Waals surface area (Å²) in [5.74, 6) is -13.4. The molecule has 3 rings (SSSR count). The number of phenolic OH excluding ortho intramolecular Hbond substituents is 1. The molecule has 2 heterocycles. The Morgan fingerprint density at radius 3 is 2.06 bits per heavy atom. The molecule has 25 heteroatoms. The molecule has 0 bridgehead atoms. The number of phenols is 1. The maximum atomic E-state index is 14.7. The van der Waals surface area contributed by atoms with E-state index in [1.54, 1.807) is 27.7 Å². The molecule has 2 fully saturated rings. The fraction of sp³-hybridized carbons (Fsp3) is 0.630. The summed E-state index contributed by atoms with van der Waals surface area (Å²) < 4.78 is 27.4. The number of carbonyl (C=O) groups is 11. The molecular formula is C46H70N10O14S. The van der Waals surface area contributed by atoms with Crippen molar-refractivity contribution in [1.29, 1.82) is 0 Å². The van der Waals surface area contributed by atoms with E-state index in [-0.39, 0.29) is 37.5 Å². The zero-order chi connectivity index (χ0) is 53.2. The predicted octanol–water partition coefficient (Wildman–Crippen LogP) is -2.64. The van der Waals surface area contributed by atoms with Gasteiger partial charge in [-0.25, -0.2) is 8.42 Å². The maximum absolute atomic E-state index is 14.7. The molecule has 2 saturated heterocycles. The van der Waals surface area contributed by atoms with Gasteiger partial charge < -0.3 is 59.1 Å². The highest BCUT2D eigenvalue weighted by Crippen LogP contribution is 2.22. The number of amides is 10. The first-order chi connectivity index (χ1) is 33.3. The summed E-state index contributed by atoms with van der Waals surface area (Å²) in [6, 6.07) is -3.24. The minimum absolute atomic E-state index is 0.0630. The lowest BCUT2D eigenvalue weighted by molar-refractivity contribution is -0.146. The Kier molecular flexibility index (Phi) is 22.8. The summed E-state index contributed by atoms with van der Waals surface area (Å²) in [4.78, 5) is 149. The van der Waals surface area contributed by atoms with Crippen molar-refractivity contribution < 1.29 is 66.3 Å². The number of likely N-dealkylation sites (tertiary alicyclic amines) is 1. The van der Waals surface area contributed by atoms with Gasteiger partial charge >= 0.3 is 0 Å². The second kappa shape index (κ2) is 27.7. The van der Waals surface area contributed by atoms with Crippen LogP contribution in [0.3, 0.4) is 0 Å². The molecule has 24 nitrogen and oxygen atoms in total. The molecule has 0 aromatic heterocycles. The molecular weight excluding hydrogens is 949 g/mol. The number of primary amides is 3. The second-order valence-corrected chi connectivity index (χ2v) is 21.0. The van der Waals surface area contributed by atoms with Crippen LogP contribution in [-0.4, -0.2) is 144 Å². The van der Waals surface area contributed by atoms with Crippen LogP contribution < -0.4 is 49.1 Å². The Hall–Kier alpha value is -6.66. The summed E-state index contributed by atoms with van der Waals surface area (Å²) in [5.41, 5.74) is 16.6. The van der Waals surface area contributed by atoms with Crippen LogP contribution in [0.5, 0.6) is 5.75 Å². The Balaban J connectivity index is 2.12. The quantitative estimate of drug-likeness (QED) is 0.0763. The summed E-state index contributed by atoms with van der Waals surface area (Å²) in [5, 5.41) is 24.8. The van der Waals surface area contributed by atoms with Gasteiger partial charge in [-0.05, 0) is 74.5 Å². The summed E-state index contributed by atoms with van der Waals surface area (Å²) in [7, 11) is -4.25. The lowest BCUT2D eigenvalue weighted by atomic mass is 9.91. The van der Waals surface area contributed by atoms with Crippen LogP contribution in [0.2, 0.25) is 0 Å². The topological polar surface area (TPSA) is 396 Å². The number of piperidine rings is 1. The standard InChI is InChI=1S/C46H70N10O14S/c1-5-26(4)39-45(67)51-31(13-14-36(47)59)42(64)53-34(23-37(48)60)43(65)52-32(16-19-71(69,70)18-15-30(58)22-28(40(62)55-39)21-27-9-11-29(57)12-10-27)46(68)56-17-7-6-8-35(56)44(66)54-33(20-25(2)3)41(63)50-24-38(49)61/h9-12,25-26,28,31-35,39,57H,5-8,13-24H2,1-4H3,(H2,47,59)(H2,48,60)(H2,49,61)(H,50,63)(H,51,67)(H,52,65)(H,53,64)(H,54,66)(H,55,62)/t26-,28+,31-,32-,33-,34-,35-,39-/m0/s1. The molecule has 0 aliphatic carbocycles. The molecule has 13 N–H and O–H groups in total. The van der Waals surface area contributed by atoms with Crippen molar-refractivity contribution in [2.24, 2.45) is 35.0 Å². The van der Waals surface area contributed by atoms with E-state index in [9.17, 15) is 66.3 Å². The number of nitrogens with zero attached hydrogens (tertiary/aromatic N) is 1. The van der Waals surface area contributed by atoms with Crippen molar-refractivity contribution in [2.75, 3.05) is 24.6 Å². The van der Waals surface area contributed by atoms with Gasteiger partial charge in [0, 0.05) is 31.7 Å². The monoisotopic (exact) mass is 1020 g/mol. The summed E-state index contributed by atoms with van der Waals surface area (Å²) >= 11 is 0. The van der Waals surface area contributed by atoms with Crippen molar-refractivity contribution >= 4 is 74.7 Å². The number of nitrogens with two attached hydrogens (primary N) is 3. The Morgan fingerprint density at radius 1 is 0.803 bits per heavy atom. The predicted molar refractivity (Wildman–Crippen MR) is 255 cm³/mol. The first kappa shape index (κ1) is 58.7. The molecule has 10 amide bonds. The van der Waals surface area contributed by atoms with E-state index in [0.29, 0.717) is 24.8 Å². The summed E-state index contributed by atoms with van der Waals surface area (Å²) in [6.45, 7) is 6.36. The van der Waals surface area contributed by atoms with Crippen molar-refractivity contribution in [1.82, 2.24) is 36.8 Å². The SMILES string of the molecule is CC[C@H](C)[C@@H]1NC(=O)[C@H](Cc2ccc(O)cc2)CC(=O)CCS(=O)(=O)CC[C@@H](C(=O)N2CCCC[C@H]2C(=O)N[C@@H](CC(C)C)C(=O)NCC(N)=O)NC(=O)[C@H](CC(N)=O)NC(=O)[C@H](CCC(N)=O)NC1=O. The average molecular weight is 1020 g/mol. The number of sulfone groups is 1. The van der Waals surface area contributed by atoms with E-state index in [2.05, 4.69) is 31.9 Å². The third-order valence-corrected chi connectivity index (χ3v) is 14.0. The highest BCUT2D eigenvalue weighted by atomic mass is 32.2. The number of Topliss-reactive ketones (excluding diaryl/α,β-unsaturated/α-hetero) is 1. The summed E-state index contributed by atoms with van der Waals surface area (Å²) in [6.07, 6.45) is -2.22. The fourth-order valence-corrected chi connectivity index (χ4v) is 9.50. The van der Waals surface area contributed by atoms with E-state index in [0.717, 1.165) is 4.90 Å². The molecule has 1 aromatic carbocycles. The van der Waals surface area contributed by atoms with Crippen LogP contribution >= 0.6 is 0 Å². The van der Waals surface area contributed by atoms with E-state index < -0.39 is 179 Å². The Morgan fingerprint density at radius 2 is 1.45 bits per heavy atom. The van der Waals surface area contributed by atoms with E-state index in [1.807, 2.05) is 0 Å². The zero-order valence-corrected chi connectivity index (χ0v) is 41.5. The molecule has 1 aromatic rings. The third-order valence-electron chi connectivity index (χ3n) is 12.3. The fourth-order valence-electron chi connectivity index (χ4n) is 8.16. The largest absolute Gasteiger partial charge is 0.508 e.